The first kappa shape index (κ1) is 10.8. The van der Waals surface area contributed by atoms with Crippen LogP contribution in [0.5, 0.6) is 0 Å². The zero-order chi connectivity index (χ0) is 10.7. The lowest BCUT2D eigenvalue weighted by molar-refractivity contribution is -0.117. The van der Waals surface area contributed by atoms with Crippen molar-refractivity contribution in [3.63, 3.8) is 0 Å². The number of nitrogens with zero attached hydrogens (tertiary/aromatic N) is 2. The Balaban J connectivity index is 2.80. The first-order chi connectivity index (χ1) is 6.52. The zero-order valence-electron chi connectivity index (χ0n) is 8.86. The van der Waals surface area contributed by atoms with Gasteiger partial charge in [-0.25, -0.2) is 4.79 Å². The predicted octanol–water partition coefficient (Wildman–Crippen LogP) is 1.21. The van der Waals surface area contributed by atoms with Gasteiger partial charge in [0.2, 0.25) is 0 Å². The normalized spacial score (nSPS) is 10.9. The third-order valence-corrected chi connectivity index (χ3v) is 2.13. The quantitative estimate of drug-likeness (QED) is 0.726. The first-order valence-corrected chi connectivity index (χ1v) is 4.79. The molecule has 0 aromatic carbocycles. The van der Waals surface area contributed by atoms with E-state index in [9.17, 15) is 9.59 Å². The molecule has 14 heavy (non-hydrogen) atoms. The summed E-state index contributed by atoms with van der Waals surface area (Å²) in [7, 11) is 0. The van der Waals surface area contributed by atoms with Gasteiger partial charge in [-0.05, 0) is 20.8 Å². The number of hydrogen-bond acceptors (Lipinski definition) is 2. The van der Waals surface area contributed by atoms with E-state index in [0.29, 0.717) is 13.0 Å². The third kappa shape index (κ3) is 2.34. The van der Waals surface area contributed by atoms with Gasteiger partial charge in [0.1, 0.15) is 5.78 Å². The molecule has 4 nitrogen and oxygen atoms in total. The molecule has 0 fully saturated rings. The van der Waals surface area contributed by atoms with E-state index in [0.717, 1.165) is 0 Å². The Morgan fingerprint density at radius 2 is 2.07 bits per heavy atom. The number of rotatable bonds is 4. The van der Waals surface area contributed by atoms with Gasteiger partial charge in [0.15, 0.2) is 0 Å². The van der Waals surface area contributed by atoms with Crippen LogP contribution >= 0.6 is 0 Å². The standard InChI is InChI=1S/C10H16N2O2/c1-8(2)12-7-6-11(10(12)14)5-4-9(3)13/h6-8H,4-5H2,1-3H3. The summed E-state index contributed by atoms with van der Waals surface area (Å²) in [5, 5.41) is 0. The van der Waals surface area contributed by atoms with E-state index >= 15 is 0 Å². The smallest absolute Gasteiger partial charge is 0.300 e. The summed E-state index contributed by atoms with van der Waals surface area (Å²) in [6, 6.07) is 0.168. The number of ketones is 1. The van der Waals surface area contributed by atoms with Crippen LogP contribution in [0.3, 0.4) is 0 Å². The van der Waals surface area contributed by atoms with Gasteiger partial charge in [0.25, 0.3) is 0 Å². The van der Waals surface area contributed by atoms with E-state index in [1.54, 1.807) is 21.5 Å². The molecule has 1 aromatic rings. The van der Waals surface area contributed by atoms with Crippen LogP contribution in [0.1, 0.15) is 33.2 Å². The van der Waals surface area contributed by atoms with Crippen LogP contribution < -0.4 is 5.69 Å². The van der Waals surface area contributed by atoms with Gasteiger partial charge in [-0.15, -0.1) is 0 Å². The van der Waals surface area contributed by atoms with Gasteiger partial charge in [-0.2, -0.15) is 0 Å². The fourth-order valence-electron chi connectivity index (χ4n) is 1.27. The SMILES string of the molecule is CC(=O)CCn1ccn(C(C)C)c1=O. The Hall–Kier alpha value is -1.32. The van der Waals surface area contributed by atoms with Crippen molar-refractivity contribution in [2.75, 3.05) is 0 Å². The van der Waals surface area contributed by atoms with E-state index in [2.05, 4.69) is 0 Å². The van der Waals surface area contributed by atoms with Crippen molar-refractivity contribution in [3.8, 4) is 0 Å². The molecule has 0 aliphatic heterocycles. The second-order valence-corrected chi connectivity index (χ2v) is 3.73. The highest BCUT2D eigenvalue weighted by Crippen LogP contribution is 1.99. The van der Waals surface area contributed by atoms with Crippen molar-refractivity contribution in [1.82, 2.24) is 9.13 Å². The Kier molecular flexibility index (Phi) is 3.28. The average molecular weight is 196 g/mol. The number of carbonyl (C=O) groups is 1. The number of aryl methyl sites for hydroxylation is 1. The Morgan fingerprint density at radius 3 is 2.50 bits per heavy atom. The van der Waals surface area contributed by atoms with E-state index in [4.69, 9.17) is 0 Å². The van der Waals surface area contributed by atoms with Crippen molar-refractivity contribution >= 4 is 5.78 Å². The molecule has 0 aliphatic carbocycles. The number of hydrogen-bond donors (Lipinski definition) is 0. The average Bonchev–Trinajstić information content (AvgIpc) is 2.43. The molecule has 0 bridgehead atoms. The Bertz CT molecular complexity index is 374. The summed E-state index contributed by atoms with van der Waals surface area (Å²) in [5.41, 5.74) is -0.0405. The van der Waals surface area contributed by atoms with Gasteiger partial charge in [0.05, 0.1) is 0 Å². The maximum atomic E-state index is 11.6. The minimum Gasteiger partial charge on any atom is -0.300 e. The predicted molar refractivity (Wildman–Crippen MR) is 54.4 cm³/mol. The van der Waals surface area contributed by atoms with Crippen LogP contribution in [-0.2, 0) is 11.3 Å². The van der Waals surface area contributed by atoms with Gasteiger partial charge < -0.3 is 0 Å². The van der Waals surface area contributed by atoms with E-state index in [-0.39, 0.29) is 17.5 Å². The summed E-state index contributed by atoms with van der Waals surface area (Å²) in [4.78, 5) is 22.4. The monoisotopic (exact) mass is 196 g/mol. The van der Waals surface area contributed by atoms with Crippen molar-refractivity contribution in [3.05, 3.63) is 22.9 Å². The van der Waals surface area contributed by atoms with Gasteiger partial charge in [-0.3, -0.25) is 13.9 Å². The molecule has 0 unspecified atom stereocenters. The summed E-state index contributed by atoms with van der Waals surface area (Å²) in [5.74, 6) is 0.106. The molecule has 0 N–H and O–H groups in total. The molecule has 1 rings (SSSR count). The molecule has 0 amide bonds. The molecule has 0 atom stereocenters. The Morgan fingerprint density at radius 1 is 1.43 bits per heavy atom. The number of imidazole rings is 1. The van der Waals surface area contributed by atoms with Crippen molar-refractivity contribution < 1.29 is 4.79 Å². The summed E-state index contributed by atoms with van der Waals surface area (Å²) < 4.78 is 3.22. The maximum Gasteiger partial charge on any atom is 0.328 e. The summed E-state index contributed by atoms with van der Waals surface area (Å²) in [6.07, 6.45) is 3.90. The van der Waals surface area contributed by atoms with E-state index in [1.807, 2.05) is 13.8 Å². The van der Waals surface area contributed by atoms with Crippen molar-refractivity contribution in [2.45, 2.75) is 39.8 Å². The van der Waals surface area contributed by atoms with Gasteiger partial charge in [0, 0.05) is 31.4 Å². The van der Waals surface area contributed by atoms with Crippen LogP contribution in [0.2, 0.25) is 0 Å². The topological polar surface area (TPSA) is 44.0 Å². The van der Waals surface area contributed by atoms with Crippen LogP contribution in [0.25, 0.3) is 0 Å². The molecular formula is C10H16N2O2. The highest BCUT2D eigenvalue weighted by atomic mass is 16.2. The van der Waals surface area contributed by atoms with E-state index < -0.39 is 0 Å². The highest BCUT2D eigenvalue weighted by molar-refractivity contribution is 5.75. The van der Waals surface area contributed by atoms with Gasteiger partial charge in [-0.1, -0.05) is 0 Å². The maximum absolute atomic E-state index is 11.6. The minimum absolute atomic E-state index is 0.0405. The molecule has 0 saturated heterocycles. The molecule has 0 spiro atoms. The van der Waals surface area contributed by atoms with Crippen LogP contribution in [0.15, 0.2) is 17.2 Å². The van der Waals surface area contributed by atoms with Crippen LogP contribution in [-0.4, -0.2) is 14.9 Å². The number of Topliss-reactive ketones (excluding diaryl/α,β-unsaturated/α-hetero) is 1. The van der Waals surface area contributed by atoms with Gasteiger partial charge >= 0.3 is 5.69 Å². The fourth-order valence-corrected chi connectivity index (χ4v) is 1.27. The molecule has 1 heterocycles. The fraction of sp³-hybridized carbons (Fsp3) is 0.600. The zero-order valence-corrected chi connectivity index (χ0v) is 8.86. The molecule has 0 aliphatic rings. The minimum atomic E-state index is -0.0405. The van der Waals surface area contributed by atoms with Crippen molar-refractivity contribution in [2.24, 2.45) is 0 Å². The third-order valence-electron chi connectivity index (χ3n) is 2.13. The lowest BCUT2D eigenvalue weighted by Crippen LogP contribution is -2.25. The molecular weight excluding hydrogens is 180 g/mol. The van der Waals surface area contributed by atoms with Crippen LogP contribution in [0.4, 0.5) is 0 Å². The molecule has 1 aromatic heterocycles. The molecule has 0 radical (unpaired) electrons. The number of carbonyl (C=O) groups excluding carboxylic acids is 1. The van der Waals surface area contributed by atoms with Crippen molar-refractivity contribution in [1.29, 1.82) is 0 Å². The first-order valence-electron chi connectivity index (χ1n) is 4.79. The molecule has 0 saturated carbocycles. The van der Waals surface area contributed by atoms with E-state index in [1.165, 1.54) is 6.92 Å². The molecule has 4 heteroatoms. The Labute approximate surface area is 83.2 Å². The summed E-state index contributed by atoms with van der Waals surface area (Å²) in [6.45, 7) is 5.92. The second-order valence-electron chi connectivity index (χ2n) is 3.73. The molecule has 78 valence electrons. The lowest BCUT2D eigenvalue weighted by Gasteiger charge is -2.04. The number of aromatic nitrogens is 2. The summed E-state index contributed by atoms with van der Waals surface area (Å²) >= 11 is 0. The lowest BCUT2D eigenvalue weighted by atomic mass is 10.3. The highest BCUT2D eigenvalue weighted by Gasteiger charge is 2.05. The van der Waals surface area contributed by atoms with Crippen LogP contribution in [0, 0.1) is 0 Å². The second kappa shape index (κ2) is 4.26. The largest absolute Gasteiger partial charge is 0.328 e.